The van der Waals surface area contributed by atoms with E-state index in [1.807, 2.05) is 0 Å². The molecule has 4 nitrogen and oxygen atoms in total. The van der Waals surface area contributed by atoms with Gasteiger partial charge in [-0.25, -0.2) is 4.39 Å². The summed E-state index contributed by atoms with van der Waals surface area (Å²) in [6.45, 7) is 4.76. The van der Waals surface area contributed by atoms with E-state index in [2.05, 4.69) is 52.5 Å². The van der Waals surface area contributed by atoms with Gasteiger partial charge in [0.1, 0.15) is 5.82 Å². The van der Waals surface area contributed by atoms with Crippen molar-refractivity contribution < 1.29 is 9.18 Å². The second kappa shape index (κ2) is 9.62. The highest BCUT2D eigenvalue weighted by Gasteiger charge is 2.25. The fraction of sp³-hybridized carbons (Fsp3) is 0.409. The van der Waals surface area contributed by atoms with Gasteiger partial charge in [0.15, 0.2) is 0 Å². The molecule has 1 amide bonds. The second-order valence-corrected chi connectivity index (χ2v) is 7.23. The number of amides is 1. The molecule has 1 atom stereocenters. The molecule has 0 saturated carbocycles. The number of piperazine rings is 1. The molecule has 0 radical (unpaired) electrons. The molecule has 1 saturated heterocycles. The molecule has 3 rings (SSSR count). The SMILES string of the molecule is CN1CCN(CCCNC(=O)Cc2ccc(F)cc2)C(c2ccccc2)C1. The average Bonchev–Trinajstić information content (AvgIpc) is 2.68. The Morgan fingerprint density at radius 2 is 1.85 bits per heavy atom. The Morgan fingerprint density at radius 3 is 2.59 bits per heavy atom. The van der Waals surface area contributed by atoms with Crippen LogP contribution in [0, 0.1) is 5.82 Å². The maximum Gasteiger partial charge on any atom is 0.224 e. The number of nitrogens with one attached hydrogen (secondary N) is 1. The first kappa shape index (κ1) is 19.5. The predicted octanol–water partition coefficient (Wildman–Crippen LogP) is 2.86. The Morgan fingerprint density at radius 1 is 1.11 bits per heavy atom. The molecule has 2 aromatic rings. The van der Waals surface area contributed by atoms with Crippen molar-refractivity contribution in [2.24, 2.45) is 0 Å². The van der Waals surface area contributed by atoms with E-state index in [9.17, 15) is 9.18 Å². The summed E-state index contributed by atoms with van der Waals surface area (Å²) in [5.41, 5.74) is 2.18. The Kier molecular flexibility index (Phi) is 6.96. The minimum absolute atomic E-state index is 0.0143. The Labute approximate surface area is 161 Å². The fourth-order valence-electron chi connectivity index (χ4n) is 3.58. The fourth-order valence-corrected chi connectivity index (χ4v) is 3.58. The summed E-state index contributed by atoms with van der Waals surface area (Å²) >= 11 is 0. The van der Waals surface area contributed by atoms with E-state index in [0.29, 0.717) is 19.0 Å². The van der Waals surface area contributed by atoms with Crippen LogP contribution in [0.15, 0.2) is 54.6 Å². The maximum atomic E-state index is 12.9. The normalized spacial score (nSPS) is 18.4. The molecule has 5 heteroatoms. The third-order valence-electron chi connectivity index (χ3n) is 5.10. The minimum atomic E-state index is -0.278. The first-order chi connectivity index (χ1) is 13.1. The van der Waals surface area contributed by atoms with Gasteiger partial charge in [-0.05, 0) is 36.7 Å². The van der Waals surface area contributed by atoms with Gasteiger partial charge in [0.25, 0.3) is 0 Å². The van der Waals surface area contributed by atoms with Gasteiger partial charge in [-0.15, -0.1) is 0 Å². The molecular weight excluding hydrogens is 341 g/mol. The predicted molar refractivity (Wildman–Crippen MR) is 106 cm³/mol. The number of hydrogen-bond donors (Lipinski definition) is 1. The van der Waals surface area contributed by atoms with E-state index >= 15 is 0 Å². The zero-order valence-corrected chi connectivity index (χ0v) is 15.9. The van der Waals surface area contributed by atoms with E-state index in [4.69, 9.17) is 0 Å². The highest BCUT2D eigenvalue weighted by Crippen LogP contribution is 2.24. The van der Waals surface area contributed by atoms with Crippen molar-refractivity contribution in [1.29, 1.82) is 0 Å². The standard InChI is InChI=1S/C22H28FN3O/c1-25-14-15-26(21(17-25)19-6-3-2-4-7-19)13-5-12-24-22(27)16-18-8-10-20(23)11-9-18/h2-4,6-11,21H,5,12-17H2,1H3,(H,24,27). The van der Waals surface area contributed by atoms with Gasteiger partial charge in [0.05, 0.1) is 6.42 Å². The summed E-state index contributed by atoms with van der Waals surface area (Å²) in [5, 5.41) is 2.98. The average molecular weight is 369 g/mol. The molecular formula is C22H28FN3O. The largest absolute Gasteiger partial charge is 0.356 e. The Hall–Kier alpha value is -2.24. The summed E-state index contributed by atoms with van der Waals surface area (Å²) < 4.78 is 12.9. The number of halogens is 1. The monoisotopic (exact) mass is 369 g/mol. The summed E-state index contributed by atoms with van der Waals surface area (Å²) in [7, 11) is 2.17. The van der Waals surface area contributed by atoms with Gasteiger partial charge in [-0.2, -0.15) is 0 Å². The molecule has 0 spiro atoms. The third kappa shape index (κ3) is 5.88. The first-order valence-corrected chi connectivity index (χ1v) is 9.60. The van der Waals surface area contributed by atoms with Crippen LogP contribution in [0.2, 0.25) is 0 Å². The number of carbonyl (C=O) groups excluding carboxylic acids is 1. The quantitative estimate of drug-likeness (QED) is 0.763. The van der Waals surface area contributed by atoms with Crippen LogP contribution in [0.1, 0.15) is 23.6 Å². The Bertz CT molecular complexity index is 720. The van der Waals surface area contributed by atoms with E-state index in [-0.39, 0.29) is 11.7 Å². The minimum Gasteiger partial charge on any atom is -0.356 e. The summed E-state index contributed by atoms with van der Waals surface area (Å²) in [4.78, 5) is 16.9. The second-order valence-electron chi connectivity index (χ2n) is 7.23. The lowest BCUT2D eigenvalue weighted by Gasteiger charge is -2.40. The van der Waals surface area contributed by atoms with Gasteiger partial charge in [0, 0.05) is 38.8 Å². The van der Waals surface area contributed by atoms with Crippen molar-refractivity contribution in [1.82, 2.24) is 15.1 Å². The molecule has 1 unspecified atom stereocenters. The van der Waals surface area contributed by atoms with Gasteiger partial charge >= 0.3 is 0 Å². The van der Waals surface area contributed by atoms with Crippen molar-refractivity contribution >= 4 is 5.91 Å². The summed E-state index contributed by atoms with van der Waals surface area (Å²) in [6, 6.07) is 17.1. The van der Waals surface area contributed by atoms with Crippen LogP contribution in [-0.4, -0.2) is 55.5 Å². The van der Waals surface area contributed by atoms with E-state index in [1.54, 1.807) is 12.1 Å². The topological polar surface area (TPSA) is 35.6 Å². The lowest BCUT2D eigenvalue weighted by atomic mass is 10.0. The molecule has 0 bridgehead atoms. The number of hydrogen-bond acceptors (Lipinski definition) is 3. The molecule has 1 fully saturated rings. The van der Waals surface area contributed by atoms with E-state index < -0.39 is 0 Å². The Balaban J connectivity index is 1.44. The third-order valence-corrected chi connectivity index (χ3v) is 5.10. The molecule has 1 heterocycles. The van der Waals surface area contributed by atoms with Crippen molar-refractivity contribution in [3.63, 3.8) is 0 Å². The smallest absolute Gasteiger partial charge is 0.224 e. The molecule has 1 aliphatic heterocycles. The molecule has 0 aliphatic carbocycles. The lowest BCUT2D eigenvalue weighted by molar-refractivity contribution is -0.120. The van der Waals surface area contributed by atoms with Crippen LogP contribution in [0.25, 0.3) is 0 Å². The molecule has 2 aromatic carbocycles. The number of nitrogens with zero attached hydrogens (tertiary/aromatic N) is 2. The van der Waals surface area contributed by atoms with E-state index in [1.165, 1.54) is 17.7 Å². The van der Waals surface area contributed by atoms with Crippen LogP contribution in [-0.2, 0) is 11.2 Å². The molecule has 1 aliphatic rings. The van der Waals surface area contributed by atoms with Crippen molar-refractivity contribution in [2.45, 2.75) is 18.9 Å². The van der Waals surface area contributed by atoms with Crippen molar-refractivity contribution in [2.75, 3.05) is 39.8 Å². The number of likely N-dealkylation sites (N-methyl/N-ethyl adjacent to an activating group) is 1. The molecule has 27 heavy (non-hydrogen) atoms. The number of rotatable bonds is 7. The van der Waals surface area contributed by atoms with Crippen LogP contribution in [0.5, 0.6) is 0 Å². The zero-order chi connectivity index (χ0) is 19.1. The molecule has 144 valence electrons. The lowest BCUT2D eigenvalue weighted by Crippen LogP contribution is -2.47. The highest BCUT2D eigenvalue weighted by atomic mass is 19.1. The number of carbonyl (C=O) groups is 1. The number of benzene rings is 2. The van der Waals surface area contributed by atoms with Gasteiger partial charge < -0.3 is 10.2 Å². The summed E-state index contributed by atoms with van der Waals surface area (Å²) in [5.74, 6) is -0.293. The van der Waals surface area contributed by atoms with Crippen LogP contribution >= 0.6 is 0 Å². The van der Waals surface area contributed by atoms with Gasteiger partial charge in [0.2, 0.25) is 5.91 Å². The maximum absolute atomic E-state index is 12.9. The highest BCUT2D eigenvalue weighted by molar-refractivity contribution is 5.78. The van der Waals surface area contributed by atoms with Crippen molar-refractivity contribution in [3.8, 4) is 0 Å². The van der Waals surface area contributed by atoms with Gasteiger partial charge in [-0.3, -0.25) is 9.69 Å². The van der Waals surface area contributed by atoms with Crippen LogP contribution < -0.4 is 5.32 Å². The van der Waals surface area contributed by atoms with Gasteiger partial charge in [-0.1, -0.05) is 42.5 Å². The van der Waals surface area contributed by atoms with Crippen LogP contribution in [0.3, 0.4) is 0 Å². The first-order valence-electron chi connectivity index (χ1n) is 9.60. The van der Waals surface area contributed by atoms with E-state index in [0.717, 1.165) is 38.2 Å². The molecule has 0 aromatic heterocycles. The molecule has 1 N–H and O–H groups in total. The summed E-state index contributed by atoms with van der Waals surface area (Å²) in [6.07, 6.45) is 1.21. The zero-order valence-electron chi connectivity index (χ0n) is 15.9. The van der Waals surface area contributed by atoms with Crippen LogP contribution in [0.4, 0.5) is 4.39 Å². The van der Waals surface area contributed by atoms with Crippen molar-refractivity contribution in [3.05, 3.63) is 71.5 Å².